The zero-order chi connectivity index (χ0) is 30.4. The van der Waals surface area contributed by atoms with Crippen LogP contribution in [0.3, 0.4) is 0 Å². The second-order valence-electron chi connectivity index (χ2n) is 13.2. The molecule has 12 heteroatoms. The monoisotopic (exact) mass is 609 g/mol. The number of aromatic nitrogens is 3. The molecular formula is C31H40ClN7O4. The first-order chi connectivity index (χ1) is 20.4. The first kappa shape index (κ1) is 29.6. The highest BCUT2D eigenvalue weighted by atomic mass is 35.5. The molecule has 2 atom stereocenters. The molecule has 1 aliphatic carbocycles. The van der Waals surface area contributed by atoms with Crippen molar-refractivity contribution in [1.82, 2.24) is 20.1 Å². The molecule has 0 radical (unpaired) electrons. The number of carbonyl (C=O) groups is 1. The van der Waals surface area contributed by atoms with Crippen LogP contribution in [0.15, 0.2) is 24.4 Å². The molecule has 2 unspecified atom stereocenters. The number of piperidine rings is 1. The molecule has 3 N–H and O–H groups in total. The van der Waals surface area contributed by atoms with Gasteiger partial charge < -0.3 is 35.0 Å². The number of rotatable bonds is 4. The molecule has 2 aromatic heterocycles. The first-order valence-corrected chi connectivity index (χ1v) is 15.5. The maximum absolute atomic E-state index is 12.3. The van der Waals surface area contributed by atoms with Crippen LogP contribution in [0.25, 0.3) is 0 Å². The normalized spacial score (nSPS) is 26.3. The molecule has 6 rings (SSSR count). The third kappa shape index (κ3) is 6.70. The smallest absolute Gasteiger partial charge is 0.410 e. The van der Waals surface area contributed by atoms with E-state index in [0.29, 0.717) is 54.9 Å². The number of pyridine rings is 1. The Morgan fingerprint density at radius 2 is 1.84 bits per heavy atom. The van der Waals surface area contributed by atoms with Crippen molar-refractivity contribution in [1.29, 1.82) is 0 Å². The molecule has 2 bridgehead atoms. The van der Waals surface area contributed by atoms with Crippen LogP contribution in [-0.4, -0.2) is 86.8 Å². The number of aliphatic hydroxyl groups is 1. The van der Waals surface area contributed by atoms with Gasteiger partial charge in [0.05, 0.1) is 5.69 Å². The predicted molar refractivity (Wildman–Crippen MR) is 164 cm³/mol. The van der Waals surface area contributed by atoms with Crippen molar-refractivity contribution in [2.45, 2.75) is 88.7 Å². The number of hydrogen-bond acceptors (Lipinski definition) is 10. The lowest BCUT2D eigenvalue weighted by atomic mass is 9.81. The van der Waals surface area contributed by atoms with Crippen LogP contribution in [0.4, 0.5) is 22.0 Å². The number of anilines is 3. The molecule has 0 spiro atoms. The summed E-state index contributed by atoms with van der Waals surface area (Å²) < 4.78 is 11.7. The second-order valence-corrected chi connectivity index (χ2v) is 13.6. The van der Waals surface area contributed by atoms with E-state index in [-0.39, 0.29) is 18.1 Å². The lowest BCUT2D eigenvalue weighted by Crippen LogP contribution is -2.54. The van der Waals surface area contributed by atoms with Crippen LogP contribution in [-0.2, 0) is 4.74 Å². The molecule has 4 fully saturated rings. The molecule has 4 aliphatic rings. The number of halogens is 1. The lowest BCUT2D eigenvalue weighted by Gasteiger charge is -2.43. The Morgan fingerprint density at radius 1 is 1.14 bits per heavy atom. The van der Waals surface area contributed by atoms with E-state index < -0.39 is 11.2 Å². The Hall–Kier alpha value is -3.49. The first-order valence-electron chi connectivity index (χ1n) is 15.1. The number of nitrogen functional groups attached to an aromatic ring is 1. The lowest BCUT2D eigenvalue weighted by molar-refractivity contribution is -0.00537. The molecule has 1 saturated carbocycles. The minimum atomic E-state index is -1.07. The number of ether oxygens (including phenoxy) is 2. The summed E-state index contributed by atoms with van der Waals surface area (Å²) in [5, 5.41) is 19.1. The zero-order valence-corrected chi connectivity index (χ0v) is 25.8. The quantitative estimate of drug-likeness (QED) is 0.492. The molecule has 0 aromatic carbocycles. The van der Waals surface area contributed by atoms with E-state index in [1.807, 2.05) is 33.0 Å². The largest absolute Gasteiger partial charge is 0.474 e. The SMILES string of the molecule is CC(C)(C)OC(=O)N1CCC(O)(C#CC2CC(Oc3cc(N4C5CCC4CN(c4cc(Cl)nnc4N)C5)ccn3)C2)CC1. The van der Waals surface area contributed by atoms with Crippen LogP contribution in [0.1, 0.15) is 59.3 Å². The number of nitrogens with two attached hydrogens (primary N) is 1. The van der Waals surface area contributed by atoms with E-state index in [1.54, 1.807) is 11.0 Å². The van der Waals surface area contributed by atoms with E-state index in [0.717, 1.165) is 50.1 Å². The van der Waals surface area contributed by atoms with Gasteiger partial charge in [0.1, 0.15) is 17.3 Å². The average molecular weight is 610 g/mol. The topological polar surface area (TPSA) is 130 Å². The van der Waals surface area contributed by atoms with Crippen LogP contribution < -0.4 is 20.3 Å². The van der Waals surface area contributed by atoms with Crippen molar-refractivity contribution in [3.05, 3.63) is 29.5 Å². The van der Waals surface area contributed by atoms with Crippen LogP contribution in [0.5, 0.6) is 5.88 Å². The van der Waals surface area contributed by atoms with E-state index in [2.05, 4.69) is 42.9 Å². The maximum Gasteiger partial charge on any atom is 0.410 e. The van der Waals surface area contributed by atoms with Crippen LogP contribution >= 0.6 is 11.6 Å². The van der Waals surface area contributed by atoms with E-state index in [4.69, 9.17) is 26.8 Å². The highest BCUT2D eigenvalue weighted by molar-refractivity contribution is 6.29. The van der Waals surface area contributed by atoms with E-state index >= 15 is 0 Å². The van der Waals surface area contributed by atoms with Gasteiger partial charge in [-0.1, -0.05) is 23.4 Å². The summed E-state index contributed by atoms with van der Waals surface area (Å²) in [5.74, 6) is 7.57. The number of hydrogen-bond donors (Lipinski definition) is 2. The molecule has 3 aliphatic heterocycles. The van der Waals surface area contributed by atoms with Crippen molar-refractivity contribution in [3.8, 4) is 17.7 Å². The fourth-order valence-corrected chi connectivity index (χ4v) is 6.61. The molecule has 11 nitrogen and oxygen atoms in total. The van der Waals surface area contributed by atoms with Gasteiger partial charge in [-0.3, -0.25) is 0 Å². The molecule has 2 aromatic rings. The Morgan fingerprint density at radius 3 is 2.51 bits per heavy atom. The van der Waals surface area contributed by atoms with Crippen molar-refractivity contribution in [3.63, 3.8) is 0 Å². The van der Waals surface area contributed by atoms with Crippen molar-refractivity contribution < 1.29 is 19.4 Å². The van der Waals surface area contributed by atoms with Gasteiger partial charge >= 0.3 is 6.09 Å². The van der Waals surface area contributed by atoms with Gasteiger partial charge in [0.25, 0.3) is 0 Å². The number of fused-ring (bicyclic) bond motifs is 2. The Bertz CT molecular complexity index is 1390. The van der Waals surface area contributed by atoms with Gasteiger partial charge in [0.2, 0.25) is 5.88 Å². The number of carbonyl (C=O) groups excluding carboxylic acids is 1. The molecule has 5 heterocycles. The number of nitrogens with zero attached hydrogens (tertiary/aromatic N) is 6. The third-order valence-electron chi connectivity index (χ3n) is 8.74. The van der Waals surface area contributed by atoms with Crippen LogP contribution in [0.2, 0.25) is 5.15 Å². The fourth-order valence-electron chi connectivity index (χ4n) is 6.46. The predicted octanol–water partition coefficient (Wildman–Crippen LogP) is 3.89. The summed E-state index contributed by atoms with van der Waals surface area (Å²) in [5.41, 5.74) is 6.47. The molecular weight excluding hydrogens is 570 g/mol. The highest BCUT2D eigenvalue weighted by Crippen LogP contribution is 2.39. The number of piperazine rings is 1. The van der Waals surface area contributed by atoms with E-state index in [1.165, 1.54) is 0 Å². The third-order valence-corrected chi connectivity index (χ3v) is 8.93. The van der Waals surface area contributed by atoms with Crippen molar-refractivity contribution in [2.75, 3.05) is 41.7 Å². The summed E-state index contributed by atoms with van der Waals surface area (Å²) in [6.07, 6.45) is 6.15. The minimum Gasteiger partial charge on any atom is -0.474 e. The molecule has 43 heavy (non-hydrogen) atoms. The van der Waals surface area contributed by atoms with E-state index in [9.17, 15) is 9.90 Å². The molecule has 1 amide bonds. The standard InChI is InChI=1S/C31H40ClN7O4/c1-30(2,3)43-29(40)37-12-9-31(41,10-13-37)8-6-20-14-24(15-20)42-27-16-21(7-11-34-27)39-22-4-5-23(39)19-38(18-22)25-17-26(32)35-36-28(25)33/h7,11,16-17,20,22-24,41H,4-5,9-10,12-15,18-19H2,1-3H3,(H2,33,36). The number of amides is 1. The summed E-state index contributed by atoms with van der Waals surface area (Å²) >= 11 is 6.10. The van der Waals surface area contributed by atoms with Gasteiger partial charge in [0.15, 0.2) is 11.0 Å². The highest BCUT2D eigenvalue weighted by Gasteiger charge is 2.41. The fraction of sp³-hybridized carbons (Fsp3) is 0.613. The Labute approximate surface area is 257 Å². The summed E-state index contributed by atoms with van der Waals surface area (Å²) in [7, 11) is 0. The van der Waals surface area contributed by atoms with Gasteiger partial charge in [-0.2, -0.15) is 0 Å². The molecule has 3 saturated heterocycles. The average Bonchev–Trinajstić information content (AvgIpc) is 3.20. The summed E-state index contributed by atoms with van der Waals surface area (Å²) in [4.78, 5) is 23.2. The van der Waals surface area contributed by atoms with Crippen LogP contribution in [0, 0.1) is 17.8 Å². The number of likely N-dealkylation sites (tertiary alicyclic amines) is 1. The zero-order valence-electron chi connectivity index (χ0n) is 25.0. The Balaban J connectivity index is 0.999. The maximum atomic E-state index is 12.3. The Kier molecular flexibility index (Phi) is 7.94. The summed E-state index contributed by atoms with van der Waals surface area (Å²) in [6, 6.07) is 6.57. The van der Waals surface area contributed by atoms with Gasteiger partial charge in [-0.15, -0.1) is 10.2 Å². The summed E-state index contributed by atoms with van der Waals surface area (Å²) in [6.45, 7) is 8.06. The van der Waals surface area contributed by atoms with Gasteiger partial charge in [-0.05, 0) is 52.5 Å². The molecule has 230 valence electrons. The van der Waals surface area contributed by atoms with Crippen molar-refractivity contribution >= 4 is 34.9 Å². The van der Waals surface area contributed by atoms with Gasteiger partial charge in [-0.25, -0.2) is 9.78 Å². The van der Waals surface area contributed by atoms with Crippen molar-refractivity contribution in [2.24, 2.45) is 5.92 Å². The second kappa shape index (κ2) is 11.5. The van der Waals surface area contributed by atoms with Gasteiger partial charge in [0, 0.05) is 81.0 Å². The minimum absolute atomic E-state index is 0.0474.